The first kappa shape index (κ1) is 28.4. The minimum atomic E-state index is -4.01. The van der Waals surface area contributed by atoms with Gasteiger partial charge in [-0.2, -0.15) is 0 Å². The van der Waals surface area contributed by atoms with Crippen molar-refractivity contribution in [3.05, 3.63) is 242 Å². The van der Waals surface area contributed by atoms with Crippen molar-refractivity contribution in [2.24, 2.45) is 0 Å². The largest absolute Gasteiger partial charge is 0.454 e. The van der Waals surface area contributed by atoms with Gasteiger partial charge in [0, 0.05) is 32.6 Å². The molecule has 0 aliphatic heterocycles. The molecule has 0 bridgehead atoms. The van der Waals surface area contributed by atoms with Crippen LogP contribution in [0.15, 0.2) is 247 Å². The molecule has 0 spiro atoms. The molecule has 4 heteroatoms. The van der Waals surface area contributed by atoms with E-state index < -0.39 is 26.2 Å². The van der Waals surface area contributed by atoms with Crippen molar-refractivity contribution in [3.63, 3.8) is 0 Å². The van der Waals surface area contributed by atoms with Crippen LogP contribution < -0.4 is 20.7 Å². The standard InChI is InChI=1S/C60H40N2OSi/c1-4-20-41(21-5-1)42-22-18-28-46(38-42)64(44-24-6-2-7-25-44,45-26-8-3-9-27-45)47-29-19-23-43(39-47)61-53-34-14-12-32-50(53)52-40-56(60-58(59(52)61)51-33-13-17-37-57(51)63-60)62-54-35-15-10-30-48(54)49-31-11-16-36-55(49)62/h1-40H/i1D,4D,5D,19D,20D,21D,23D,29D,39D. The molecule has 10 aromatic carbocycles. The van der Waals surface area contributed by atoms with Crippen LogP contribution in [0.3, 0.4) is 0 Å². The van der Waals surface area contributed by atoms with E-state index in [0.29, 0.717) is 32.9 Å². The lowest BCUT2D eigenvalue weighted by atomic mass is 10.1. The monoisotopic (exact) mass is 841 g/mol. The molecule has 0 saturated carbocycles. The van der Waals surface area contributed by atoms with Crippen LogP contribution in [0.4, 0.5) is 0 Å². The van der Waals surface area contributed by atoms with Gasteiger partial charge in [0.05, 0.1) is 45.5 Å². The van der Waals surface area contributed by atoms with Gasteiger partial charge in [-0.15, -0.1) is 0 Å². The third-order valence-electron chi connectivity index (χ3n) is 12.8. The van der Waals surface area contributed by atoms with Gasteiger partial charge in [-0.05, 0) is 74.3 Å². The summed E-state index contributed by atoms with van der Waals surface area (Å²) in [7, 11) is -4.01. The van der Waals surface area contributed by atoms with Crippen molar-refractivity contribution in [2.45, 2.75) is 0 Å². The molecule has 3 heterocycles. The molecular formula is C60H40N2OSi. The summed E-state index contributed by atoms with van der Waals surface area (Å²) in [6.45, 7) is 0. The van der Waals surface area contributed by atoms with Crippen LogP contribution >= 0.6 is 0 Å². The molecule has 0 N–H and O–H groups in total. The Balaban J connectivity index is 1.19. The van der Waals surface area contributed by atoms with Crippen molar-refractivity contribution in [1.29, 1.82) is 0 Å². The highest BCUT2D eigenvalue weighted by Crippen LogP contribution is 2.45. The number of furan rings is 1. The van der Waals surface area contributed by atoms with Gasteiger partial charge in [-0.1, -0.05) is 200 Å². The van der Waals surface area contributed by atoms with Gasteiger partial charge in [-0.25, -0.2) is 0 Å². The molecule has 0 fully saturated rings. The van der Waals surface area contributed by atoms with Crippen molar-refractivity contribution < 1.29 is 16.8 Å². The predicted octanol–water partition coefficient (Wildman–Crippen LogP) is 12.8. The van der Waals surface area contributed by atoms with E-state index in [0.717, 1.165) is 59.4 Å². The summed E-state index contributed by atoms with van der Waals surface area (Å²) < 4.78 is 95.4. The summed E-state index contributed by atoms with van der Waals surface area (Å²) in [5, 5.41) is 7.97. The van der Waals surface area contributed by atoms with Crippen molar-refractivity contribution in [1.82, 2.24) is 9.13 Å². The van der Waals surface area contributed by atoms with E-state index in [9.17, 15) is 5.48 Å². The van der Waals surface area contributed by atoms with Gasteiger partial charge in [0.25, 0.3) is 0 Å². The molecule has 13 aromatic rings. The number of nitrogens with zero attached hydrogens (tertiary/aromatic N) is 2. The topological polar surface area (TPSA) is 23.0 Å². The number of fused-ring (bicyclic) bond motifs is 10. The van der Waals surface area contributed by atoms with Crippen LogP contribution in [0.2, 0.25) is 0 Å². The van der Waals surface area contributed by atoms with E-state index >= 15 is 0 Å². The molecule has 0 saturated heterocycles. The molecule has 0 unspecified atom stereocenters. The Morgan fingerprint density at radius 1 is 0.406 bits per heavy atom. The first-order valence-corrected chi connectivity index (χ1v) is 23.3. The van der Waals surface area contributed by atoms with E-state index in [2.05, 4.69) is 34.9 Å². The molecule has 3 aromatic heterocycles. The highest BCUT2D eigenvalue weighted by molar-refractivity contribution is 7.20. The van der Waals surface area contributed by atoms with Gasteiger partial charge in [0.1, 0.15) is 5.58 Å². The summed E-state index contributed by atoms with van der Waals surface area (Å²) in [5.41, 5.74) is 5.99. The molecule has 0 radical (unpaired) electrons. The maximum Gasteiger partial charge on any atom is 0.179 e. The molecule has 13 rings (SSSR count). The molecule has 300 valence electrons. The second-order valence-corrected chi connectivity index (χ2v) is 19.8. The molecule has 0 aliphatic carbocycles. The van der Waals surface area contributed by atoms with Gasteiger partial charge in [-0.3, -0.25) is 0 Å². The normalized spacial score (nSPS) is 14.0. The quantitative estimate of drug-likeness (QED) is 0.116. The average Bonchev–Trinajstić information content (AvgIpc) is 4.09. The minimum absolute atomic E-state index is 0.0272. The first-order valence-electron chi connectivity index (χ1n) is 25.8. The second kappa shape index (κ2) is 14.5. The fourth-order valence-electron chi connectivity index (χ4n) is 10.1. The van der Waals surface area contributed by atoms with Gasteiger partial charge in [0.15, 0.2) is 13.7 Å². The Bertz CT molecular complexity index is 4330. The van der Waals surface area contributed by atoms with Crippen LogP contribution in [0.25, 0.3) is 88.1 Å². The summed E-state index contributed by atoms with van der Waals surface area (Å²) in [4.78, 5) is 0. The average molecular weight is 842 g/mol. The lowest BCUT2D eigenvalue weighted by Gasteiger charge is -2.35. The van der Waals surface area contributed by atoms with E-state index in [1.165, 1.54) is 0 Å². The Morgan fingerprint density at radius 2 is 0.969 bits per heavy atom. The minimum Gasteiger partial charge on any atom is -0.454 e. The molecule has 0 atom stereocenters. The Kier molecular flexibility index (Phi) is 6.42. The zero-order valence-corrected chi connectivity index (χ0v) is 35.2. The first-order chi connectivity index (χ1) is 35.5. The lowest BCUT2D eigenvalue weighted by molar-refractivity contribution is 0.666. The van der Waals surface area contributed by atoms with E-state index in [1.54, 1.807) is 12.1 Å². The Labute approximate surface area is 384 Å². The summed E-state index contributed by atoms with van der Waals surface area (Å²) in [5.74, 6) is 0. The summed E-state index contributed by atoms with van der Waals surface area (Å²) in [6.07, 6.45) is 0. The highest BCUT2D eigenvalue weighted by Gasteiger charge is 2.42. The SMILES string of the molecule is [2H]c1c([2H])c([2H])c(-c2cccc([Si](c3ccccc3)(c3ccccc3)c3c([2H])c([2H])c([2H])c(-n4c5ccccc5c5cc(-n6c7ccccc7c7ccccc76)c6oc7ccccc7c6c54)c3[2H])c2)c([2H])c1[2H]. The Morgan fingerprint density at radius 3 is 1.64 bits per heavy atom. The van der Waals surface area contributed by atoms with E-state index in [-0.39, 0.29) is 52.7 Å². The molecular weight excluding hydrogens is 793 g/mol. The molecule has 64 heavy (non-hydrogen) atoms. The zero-order chi connectivity index (χ0) is 50.0. The third-order valence-corrected chi connectivity index (χ3v) is 17.4. The van der Waals surface area contributed by atoms with Crippen LogP contribution in [-0.4, -0.2) is 17.2 Å². The fourth-order valence-corrected chi connectivity index (χ4v) is 14.7. The number of hydrogen-bond donors (Lipinski definition) is 0. The maximum absolute atomic E-state index is 10.8. The van der Waals surface area contributed by atoms with Gasteiger partial charge >= 0.3 is 0 Å². The van der Waals surface area contributed by atoms with Crippen molar-refractivity contribution in [3.8, 4) is 22.5 Å². The van der Waals surface area contributed by atoms with Crippen LogP contribution in [0, 0.1) is 0 Å². The Hall–Kier alpha value is -8.18. The smallest absolute Gasteiger partial charge is 0.179 e. The predicted molar refractivity (Wildman–Crippen MR) is 271 cm³/mol. The van der Waals surface area contributed by atoms with Crippen LogP contribution in [0.5, 0.6) is 0 Å². The van der Waals surface area contributed by atoms with E-state index in [4.69, 9.17) is 11.3 Å². The number of benzene rings is 10. The van der Waals surface area contributed by atoms with E-state index in [1.807, 2.05) is 150 Å². The summed E-state index contributed by atoms with van der Waals surface area (Å²) in [6, 6.07) is 58.1. The number of aromatic nitrogens is 2. The second-order valence-electron chi connectivity index (χ2n) is 16.1. The van der Waals surface area contributed by atoms with Crippen LogP contribution in [-0.2, 0) is 0 Å². The summed E-state index contributed by atoms with van der Waals surface area (Å²) >= 11 is 0. The lowest BCUT2D eigenvalue weighted by Crippen LogP contribution is -2.74. The highest BCUT2D eigenvalue weighted by atomic mass is 28.3. The number of hydrogen-bond acceptors (Lipinski definition) is 1. The zero-order valence-electron chi connectivity index (χ0n) is 43.2. The number of rotatable bonds is 7. The number of para-hydroxylation sites is 4. The van der Waals surface area contributed by atoms with Crippen molar-refractivity contribution in [2.75, 3.05) is 0 Å². The molecule has 0 aliphatic rings. The van der Waals surface area contributed by atoms with Crippen LogP contribution in [0.1, 0.15) is 12.3 Å². The molecule has 0 amide bonds. The maximum atomic E-state index is 10.8. The third kappa shape index (κ3) is 5.33. The van der Waals surface area contributed by atoms with Gasteiger partial charge in [0.2, 0.25) is 0 Å². The van der Waals surface area contributed by atoms with Crippen molar-refractivity contribution >= 4 is 94.4 Å². The fraction of sp³-hybridized carbons (Fsp3) is 0. The molecule has 3 nitrogen and oxygen atoms in total. The van der Waals surface area contributed by atoms with Gasteiger partial charge < -0.3 is 13.6 Å².